The van der Waals surface area contributed by atoms with Crippen LogP contribution in [0.1, 0.15) is 47.4 Å². The Morgan fingerprint density at radius 2 is 1.90 bits per heavy atom. The van der Waals surface area contributed by atoms with Crippen LogP contribution < -0.4 is 25.8 Å². The Bertz CT molecular complexity index is 1530. The zero-order valence-electron chi connectivity index (χ0n) is 23.2. The molecule has 3 aromatic heterocycles. The monoisotopic (exact) mass is 558 g/mol. The summed E-state index contributed by atoms with van der Waals surface area (Å²) in [6.07, 6.45) is 5.23. The lowest BCUT2D eigenvalue weighted by molar-refractivity contribution is 0.102. The molecular formula is C30H34N6O5. The standard InChI is InChI=1S/C30H34N6O5/c1-3-39-12-13-40-26-17-25-22(14-19(2)36(25)30(31)38)15-27(26)41-23-8-11-33-28(16-23)35-29(37)21-4-5-24(34-18-21)20-6-9-32-10-7-20/h4-5,8,11,14-18,20,32H,3,6-7,9-10,12-13H2,1-2H3,(H2,31,38)(H,33,35,37). The van der Waals surface area contributed by atoms with Crippen LogP contribution in [0.2, 0.25) is 0 Å². The number of amides is 2. The molecule has 4 heterocycles. The van der Waals surface area contributed by atoms with E-state index >= 15 is 0 Å². The van der Waals surface area contributed by atoms with E-state index in [9.17, 15) is 9.59 Å². The minimum Gasteiger partial charge on any atom is -0.487 e. The lowest BCUT2D eigenvalue weighted by Gasteiger charge is -2.22. The minimum absolute atomic E-state index is 0.286. The van der Waals surface area contributed by atoms with E-state index in [1.54, 1.807) is 49.6 Å². The van der Waals surface area contributed by atoms with Gasteiger partial charge in [-0.05, 0) is 70.1 Å². The van der Waals surface area contributed by atoms with Crippen molar-refractivity contribution in [3.05, 3.63) is 71.8 Å². The van der Waals surface area contributed by atoms with Gasteiger partial charge in [0.2, 0.25) is 0 Å². The van der Waals surface area contributed by atoms with Crippen molar-refractivity contribution in [2.45, 2.75) is 32.6 Å². The number of piperidine rings is 1. The van der Waals surface area contributed by atoms with E-state index < -0.39 is 6.03 Å². The van der Waals surface area contributed by atoms with Crippen LogP contribution >= 0.6 is 0 Å². The van der Waals surface area contributed by atoms with Gasteiger partial charge in [-0.15, -0.1) is 0 Å². The topological polar surface area (TPSA) is 143 Å². The number of aromatic nitrogens is 3. The maximum Gasteiger partial charge on any atom is 0.323 e. The summed E-state index contributed by atoms with van der Waals surface area (Å²) in [4.78, 5) is 33.8. The first kappa shape index (κ1) is 28.1. The number of hydrogen-bond acceptors (Lipinski definition) is 8. The molecule has 0 aliphatic carbocycles. The molecule has 1 fully saturated rings. The summed E-state index contributed by atoms with van der Waals surface area (Å²) in [7, 11) is 0. The Balaban J connectivity index is 1.33. The molecule has 11 nitrogen and oxygen atoms in total. The van der Waals surface area contributed by atoms with Crippen LogP contribution in [0, 0.1) is 6.92 Å². The van der Waals surface area contributed by atoms with Gasteiger partial charge in [-0.1, -0.05) is 0 Å². The highest BCUT2D eigenvalue weighted by Gasteiger charge is 2.18. The van der Waals surface area contributed by atoms with E-state index in [0.29, 0.717) is 59.0 Å². The Kier molecular flexibility index (Phi) is 8.76. The van der Waals surface area contributed by atoms with Crippen LogP contribution in [0.15, 0.2) is 54.9 Å². The van der Waals surface area contributed by atoms with Crippen LogP contribution in [0.25, 0.3) is 10.9 Å². The molecule has 0 radical (unpaired) electrons. The van der Waals surface area contributed by atoms with Crippen molar-refractivity contribution in [1.82, 2.24) is 19.9 Å². The molecule has 4 N–H and O–H groups in total. The highest BCUT2D eigenvalue weighted by molar-refractivity contribution is 6.03. The van der Waals surface area contributed by atoms with Crippen LogP contribution in [0.5, 0.6) is 17.2 Å². The number of rotatable bonds is 10. The van der Waals surface area contributed by atoms with Crippen molar-refractivity contribution in [3.63, 3.8) is 0 Å². The average Bonchev–Trinajstić information content (AvgIpc) is 3.30. The number of anilines is 1. The lowest BCUT2D eigenvalue weighted by atomic mass is 9.94. The quantitative estimate of drug-likeness (QED) is 0.240. The second-order valence-electron chi connectivity index (χ2n) is 9.79. The van der Waals surface area contributed by atoms with Gasteiger partial charge >= 0.3 is 6.03 Å². The first-order valence-electron chi connectivity index (χ1n) is 13.7. The summed E-state index contributed by atoms with van der Waals surface area (Å²) >= 11 is 0. The number of aryl methyl sites for hydroxylation is 1. The highest BCUT2D eigenvalue weighted by Crippen LogP contribution is 2.37. The van der Waals surface area contributed by atoms with Crippen molar-refractivity contribution < 1.29 is 23.8 Å². The highest BCUT2D eigenvalue weighted by atomic mass is 16.5. The maximum atomic E-state index is 12.9. The molecule has 0 spiro atoms. The molecule has 1 aromatic carbocycles. The van der Waals surface area contributed by atoms with Crippen LogP contribution in [-0.4, -0.2) is 59.4 Å². The SMILES string of the molecule is CCOCCOc1cc2c(cc1Oc1ccnc(NC(=O)c3ccc(C4CCNCC4)nc3)c1)cc(C)n2C(N)=O. The Labute approximate surface area is 238 Å². The zero-order chi connectivity index (χ0) is 28.8. The molecule has 214 valence electrons. The van der Waals surface area contributed by atoms with Gasteiger partial charge < -0.3 is 30.6 Å². The van der Waals surface area contributed by atoms with E-state index in [1.807, 2.05) is 19.1 Å². The van der Waals surface area contributed by atoms with Crippen molar-refractivity contribution in [3.8, 4) is 17.2 Å². The largest absolute Gasteiger partial charge is 0.487 e. The fourth-order valence-corrected chi connectivity index (χ4v) is 4.95. The van der Waals surface area contributed by atoms with Gasteiger partial charge in [0.1, 0.15) is 18.2 Å². The van der Waals surface area contributed by atoms with E-state index in [0.717, 1.165) is 37.0 Å². The molecule has 0 bridgehead atoms. The molecular weight excluding hydrogens is 524 g/mol. The van der Waals surface area contributed by atoms with E-state index in [2.05, 4.69) is 20.6 Å². The lowest BCUT2D eigenvalue weighted by Crippen LogP contribution is -2.27. The van der Waals surface area contributed by atoms with Gasteiger partial charge in [0.05, 0.1) is 17.7 Å². The number of nitrogens with one attached hydrogen (secondary N) is 2. The normalized spacial score (nSPS) is 13.7. The first-order valence-corrected chi connectivity index (χ1v) is 13.7. The number of fused-ring (bicyclic) bond motifs is 1. The van der Waals surface area contributed by atoms with E-state index in [1.165, 1.54) is 4.57 Å². The average molecular weight is 559 g/mol. The second kappa shape index (κ2) is 12.8. The number of hydrogen-bond donors (Lipinski definition) is 3. The number of nitrogens with zero attached hydrogens (tertiary/aromatic N) is 3. The summed E-state index contributed by atoms with van der Waals surface area (Å²) in [6.45, 7) is 6.91. The number of carbonyl (C=O) groups excluding carboxylic acids is 2. The molecule has 2 amide bonds. The number of pyridine rings is 2. The maximum absolute atomic E-state index is 12.9. The van der Waals surface area contributed by atoms with Crippen LogP contribution in [0.3, 0.4) is 0 Å². The van der Waals surface area contributed by atoms with E-state index in [4.69, 9.17) is 19.9 Å². The first-order chi connectivity index (χ1) is 19.9. The Morgan fingerprint density at radius 3 is 2.63 bits per heavy atom. The number of benzene rings is 1. The molecule has 41 heavy (non-hydrogen) atoms. The van der Waals surface area contributed by atoms with Crippen LogP contribution in [-0.2, 0) is 4.74 Å². The molecule has 0 atom stereocenters. The van der Waals surface area contributed by atoms with Crippen molar-refractivity contribution in [2.24, 2.45) is 5.73 Å². The zero-order valence-corrected chi connectivity index (χ0v) is 23.2. The van der Waals surface area contributed by atoms with Crippen molar-refractivity contribution in [1.29, 1.82) is 0 Å². The molecule has 5 rings (SSSR count). The van der Waals surface area contributed by atoms with E-state index in [-0.39, 0.29) is 12.5 Å². The third-order valence-corrected chi connectivity index (χ3v) is 6.97. The third kappa shape index (κ3) is 6.64. The van der Waals surface area contributed by atoms with Crippen molar-refractivity contribution in [2.75, 3.05) is 38.2 Å². The summed E-state index contributed by atoms with van der Waals surface area (Å²) in [5.74, 6) is 1.70. The van der Waals surface area contributed by atoms with Gasteiger partial charge in [-0.25, -0.2) is 9.78 Å². The van der Waals surface area contributed by atoms with Gasteiger partial charge in [-0.2, -0.15) is 0 Å². The molecule has 1 saturated heterocycles. The van der Waals surface area contributed by atoms with Gasteiger partial charge in [0.15, 0.2) is 11.5 Å². The van der Waals surface area contributed by atoms with Gasteiger partial charge in [0, 0.05) is 53.8 Å². The molecule has 1 aliphatic heterocycles. The molecule has 11 heteroatoms. The van der Waals surface area contributed by atoms with Gasteiger partial charge in [-0.3, -0.25) is 14.3 Å². The summed E-state index contributed by atoms with van der Waals surface area (Å²) < 4.78 is 19.0. The van der Waals surface area contributed by atoms with Gasteiger partial charge in [0.25, 0.3) is 5.91 Å². The molecule has 0 saturated carbocycles. The molecule has 0 unspecified atom stereocenters. The third-order valence-electron chi connectivity index (χ3n) is 6.97. The summed E-state index contributed by atoms with van der Waals surface area (Å²) in [6, 6.07) is 11.8. The van der Waals surface area contributed by atoms with Crippen LogP contribution in [0.4, 0.5) is 10.6 Å². The van der Waals surface area contributed by atoms with Crippen molar-refractivity contribution >= 4 is 28.7 Å². The predicted molar refractivity (Wildman–Crippen MR) is 155 cm³/mol. The number of carbonyl (C=O) groups is 2. The summed E-state index contributed by atoms with van der Waals surface area (Å²) in [5, 5.41) is 6.93. The smallest absolute Gasteiger partial charge is 0.323 e. The molecule has 1 aliphatic rings. The fraction of sp³-hybridized carbons (Fsp3) is 0.333. The summed E-state index contributed by atoms with van der Waals surface area (Å²) in [5.41, 5.74) is 8.35. The number of nitrogens with two attached hydrogens (primary N) is 1. The second-order valence-corrected chi connectivity index (χ2v) is 9.79. The minimum atomic E-state index is -0.586. The predicted octanol–water partition coefficient (Wildman–Crippen LogP) is 4.59. The Morgan fingerprint density at radius 1 is 1.07 bits per heavy atom. The Hall–Kier alpha value is -4.48. The fourth-order valence-electron chi connectivity index (χ4n) is 4.95. The number of primary amides is 1. The number of ether oxygens (including phenoxy) is 3. The molecule has 4 aromatic rings.